The third-order valence-corrected chi connectivity index (χ3v) is 1.69. The van der Waals surface area contributed by atoms with E-state index in [0.717, 1.165) is 0 Å². The maximum Gasteiger partial charge on any atom is 0.197 e. The van der Waals surface area contributed by atoms with E-state index in [1.54, 1.807) is 6.92 Å². The second kappa shape index (κ2) is 3.98. The summed E-state index contributed by atoms with van der Waals surface area (Å²) in [5.41, 5.74) is 0. The summed E-state index contributed by atoms with van der Waals surface area (Å²) < 4.78 is 0. The number of ketones is 1. The van der Waals surface area contributed by atoms with E-state index in [-0.39, 0.29) is 5.78 Å². The molecular formula is C6H9ClO2S. The van der Waals surface area contributed by atoms with Crippen LogP contribution in [0.5, 0.6) is 0 Å². The van der Waals surface area contributed by atoms with Crippen molar-refractivity contribution in [1.82, 2.24) is 0 Å². The molecule has 0 N–H and O–H groups in total. The lowest BCUT2D eigenvalue weighted by molar-refractivity contribution is -0.126. The minimum Gasteiger partial charge on any atom is -0.299 e. The lowest BCUT2D eigenvalue weighted by Crippen LogP contribution is -2.25. The zero-order valence-electron chi connectivity index (χ0n) is 5.80. The fraction of sp³-hybridized carbons (Fsp3) is 0.667. The number of halogens is 1. The van der Waals surface area contributed by atoms with Crippen LogP contribution in [-0.2, 0) is 9.59 Å². The number of thiol groups is 1. The lowest BCUT2D eigenvalue weighted by Gasteiger charge is -2.10. The van der Waals surface area contributed by atoms with Crippen LogP contribution in [0.25, 0.3) is 0 Å². The zero-order valence-corrected chi connectivity index (χ0v) is 7.45. The van der Waals surface area contributed by atoms with Gasteiger partial charge >= 0.3 is 0 Å². The first-order chi connectivity index (χ1) is 4.46. The lowest BCUT2D eigenvalue weighted by atomic mass is 10.0. The highest BCUT2D eigenvalue weighted by molar-refractivity contribution is 7.96. The van der Waals surface area contributed by atoms with Gasteiger partial charge in [0.05, 0.1) is 0 Å². The van der Waals surface area contributed by atoms with E-state index >= 15 is 0 Å². The topological polar surface area (TPSA) is 34.1 Å². The van der Waals surface area contributed by atoms with E-state index in [4.69, 9.17) is 11.6 Å². The zero-order chi connectivity index (χ0) is 8.31. The molecule has 0 heterocycles. The Kier molecular flexibility index (Phi) is 3.98. The van der Waals surface area contributed by atoms with Crippen molar-refractivity contribution < 1.29 is 9.59 Å². The Bertz CT molecular complexity index is 142. The SMILES string of the molecule is CC(=O)C(C(=O)S)C(C)Cl. The van der Waals surface area contributed by atoms with Crippen LogP contribution in [0.3, 0.4) is 0 Å². The molecule has 0 aliphatic carbocycles. The van der Waals surface area contributed by atoms with Crippen molar-refractivity contribution in [3.05, 3.63) is 0 Å². The molecule has 0 aromatic rings. The van der Waals surface area contributed by atoms with Crippen LogP contribution in [0.2, 0.25) is 0 Å². The van der Waals surface area contributed by atoms with Crippen LogP contribution in [0.15, 0.2) is 0 Å². The molecule has 0 aliphatic heterocycles. The Morgan fingerprint density at radius 1 is 1.50 bits per heavy atom. The molecule has 2 unspecified atom stereocenters. The predicted molar refractivity (Wildman–Crippen MR) is 43.5 cm³/mol. The van der Waals surface area contributed by atoms with Crippen LogP contribution in [-0.4, -0.2) is 16.3 Å². The first kappa shape index (κ1) is 9.98. The molecular weight excluding hydrogens is 172 g/mol. The first-order valence-corrected chi connectivity index (χ1v) is 3.72. The van der Waals surface area contributed by atoms with Crippen molar-refractivity contribution in [3.63, 3.8) is 0 Å². The van der Waals surface area contributed by atoms with Crippen molar-refractivity contribution in [2.45, 2.75) is 19.2 Å². The molecule has 0 aliphatic rings. The fourth-order valence-electron chi connectivity index (χ4n) is 0.694. The van der Waals surface area contributed by atoms with Gasteiger partial charge in [-0.05, 0) is 13.8 Å². The number of hydrogen-bond donors (Lipinski definition) is 1. The molecule has 0 aromatic carbocycles. The average molecular weight is 181 g/mol. The highest BCUT2D eigenvalue weighted by Crippen LogP contribution is 2.14. The van der Waals surface area contributed by atoms with Gasteiger partial charge in [0.1, 0.15) is 11.7 Å². The van der Waals surface area contributed by atoms with Gasteiger partial charge in [-0.25, -0.2) is 0 Å². The Balaban J connectivity index is 4.27. The summed E-state index contributed by atoms with van der Waals surface area (Å²) in [4.78, 5) is 21.3. The molecule has 0 amide bonds. The normalized spacial score (nSPS) is 16.0. The van der Waals surface area contributed by atoms with Gasteiger partial charge in [0, 0.05) is 5.38 Å². The summed E-state index contributed by atoms with van der Waals surface area (Å²) in [5, 5.41) is -0.933. The van der Waals surface area contributed by atoms with Crippen LogP contribution in [0.4, 0.5) is 0 Å². The molecule has 4 heteroatoms. The molecule has 0 saturated carbocycles. The minimum absolute atomic E-state index is 0.234. The molecule has 0 rings (SSSR count). The molecule has 2 atom stereocenters. The molecule has 0 bridgehead atoms. The monoisotopic (exact) mass is 180 g/mol. The molecule has 2 nitrogen and oxygen atoms in total. The molecule has 0 saturated heterocycles. The Hall–Kier alpha value is -0.0200. The van der Waals surface area contributed by atoms with Crippen LogP contribution in [0.1, 0.15) is 13.8 Å². The summed E-state index contributed by atoms with van der Waals surface area (Å²) in [6.07, 6.45) is 0. The van der Waals surface area contributed by atoms with E-state index in [1.807, 2.05) is 0 Å². The van der Waals surface area contributed by atoms with Gasteiger partial charge in [-0.1, -0.05) is 0 Å². The van der Waals surface area contributed by atoms with Crippen LogP contribution >= 0.6 is 24.2 Å². The largest absolute Gasteiger partial charge is 0.299 e. The van der Waals surface area contributed by atoms with Crippen molar-refractivity contribution >= 4 is 35.1 Å². The number of Topliss-reactive ketones (excluding diaryl/α,β-unsaturated/α-hetero) is 1. The van der Waals surface area contributed by atoms with Gasteiger partial charge in [0.15, 0.2) is 5.12 Å². The van der Waals surface area contributed by atoms with Gasteiger partial charge in [0.2, 0.25) is 0 Å². The number of hydrogen-bond acceptors (Lipinski definition) is 2. The number of carbonyl (C=O) groups excluding carboxylic acids is 2. The minimum atomic E-state index is -0.759. The Morgan fingerprint density at radius 3 is 1.90 bits per heavy atom. The summed E-state index contributed by atoms with van der Waals surface area (Å²) in [6.45, 7) is 2.93. The van der Waals surface area contributed by atoms with Gasteiger partial charge in [-0.15, -0.1) is 24.2 Å². The second-order valence-electron chi connectivity index (χ2n) is 2.10. The number of carbonyl (C=O) groups is 2. The van der Waals surface area contributed by atoms with Crippen molar-refractivity contribution in [2.24, 2.45) is 5.92 Å². The third-order valence-electron chi connectivity index (χ3n) is 1.16. The van der Waals surface area contributed by atoms with E-state index in [1.165, 1.54) is 6.92 Å². The maximum absolute atomic E-state index is 10.7. The fourth-order valence-corrected chi connectivity index (χ4v) is 1.48. The molecule has 0 radical (unpaired) electrons. The van der Waals surface area contributed by atoms with Gasteiger partial charge in [-0.2, -0.15) is 0 Å². The van der Waals surface area contributed by atoms with Crippen LogP contribution in [0, 0.1) is 5.92 Å². The summed E-state index contributed by atoms with van der Waals surface area (Å²) in [7, 11) is 0. The molecule has 0 spiro atoms. The van der Waals surface area contributed by atoms with E-state index in [9.17, 15) is 9.59 Å². The maximum atomic E-state index is 10.7. The van der Waals surface area contributed by atoms with Gasteiger partial charge in [-0.3, -0.25) is 9.59 Å². The number of alkyl halides is 1. The smallest absolute Gasteiger partial charge is 0.197 e. The van der Waals surface area contributed by atoms with Gasteiger partial charge < -0.3 is 0 Å². The summed E-state index contributed by atoms with van der Waals surface area (Å²) in [6, 6.07) is 0. The summed E-state index contributed by atoms with van der Waals surface area (Å²) >= 11 is 9.07. The molecule has 0 fully saturated rings. The summed E-state index contributed by atoms with van der Waals surface area (Å²) in [5.74, 6) is -0.993. The van der Waals surface area contributed by atoms with Crippen LogP contribution < -0.4 is 0 Å². The van der Waals surface area contributed by atoms with Crippen molar-refractivity contribution in [3.8, 4) is 0 Å². The van der Waals surface area contributed by atoms with Gasteiger partial charge in [0.25, 0.3) is 0 Å². The van der Waals surface area contributed by atoms with Crippen molar-refractivity contribution in [1.29, 1.82) is 0 Å². The average Bonchev–Trinajstić information content (AvgIpc) is 1.59. The van der Waals surface area contributed by atoms with E-state index < -0.39 is 16.4 Å². The quantitative estimate of drug-likeness (QED) is 0.403. The second-order valence-corrected chi connectivity index (χ2v) is 3.23. The van der Waals surface area contributed by atoms with Crippen molar-refractivity contribution in [2.75, 3.05) is 0 Å². The Morgan fingerprint density at radius 2 is 1.90 bits per heavy atom. The third kappa shape index (κ3) is 2.71. The standard InChI is InChI=1S/C6H9ClO2S/c1-3(7)5(4(2)8)6(9)10/h3,5H,1-2H3,(H,9,10). The van der Waals surface area contributed by atoms with E-state index in [2.05, 4.69) is 12.6 Å². The number of rotatable bonds is 3. The highest BCUT2D eigenvalue weighted by Gasteiger charge is 2.25. The first-order valence-electron chi connectivity index (χ1n) is 2.84. The highest BCUT2D eigenvalue weighted by atomic mass is 35.5. The molecule has 58 valence electrons. The molecule has 10 heavy (non-hydrogen) atoms. The Labute approximate surface area is 70.3 Å². The molecule has 0 aromatic heterocycles. The van der Waals surface area contributed by atoms with E-state index in [0.29, 0.717) is 0 Å². The predicted octanol–water partition coefficient (Wildman–Crippen LogP) is 1.28.